The van der Waals surface area contributed by atoms with E-state index in [-0.39, 0.29) is 5.56 Å². The highest BCUT2D eigenvalue weighted by Gasteiger charge is 2.62. The maximum absolute atomic E-state index is 12.9. The molecule has 1 N–H and O–H groups in total. The van der Waals surface area contributed by atoms with Gasteiger partial charge in [0.25, 0.3) is 0 Å². The Labute approximate surface area is 303 Å². The lowest BCUT2D eigenvalue weighted by Gasteiger charge is -2.51. The van der Waals surface area contributed by atoms with Gasteiger partial charge in [0.05, 0.1) is 7.11 Å². The van der Waals surface area contributed by atoms with Gasteiger partial charge in [-0.2, -0.15) is 0 Å². The number of methoxy groups -OCH3 is 1. The largest absolute Gasteiger partial charge is 0.497 e. The van der Waals surface area contributed by atoms with Crippen LogP contribution < -0.4 is 15.9 Å². The molecule has 3 heterocycles. The number of hydrogen-bond acceptors (Lipinski definition) is 19. The van der Waals surface area contributed by atoms with E-state index in [1.165, 1.54) is 31.4 Å². The lowest BCUT2D eigenvalue weighted by Crippen LogP contribution is -2.67. The fraction of sp³-hybridized carbons (Fsp3) is 0.576. The normalized spacial score (nSPS) is 30.2. The molecule has 2 aliphatic heterocycles. The molecule has 2 aliphatic rings. The maximum atomic E-state index is 12.9. The van der Waals surface area contributed by atoms with Crippen LogP contribution >= 0.6 is 0 Å². The number of hydrogen-bond donors (Lipinski definition) is 1. The Morgan fingerprint density at radius 3 is 1.77 bits per heavy atom. The van der Waals surface area contributed by atoms with Crippen LogP contribution in [0.4, 0.5) is 0 Å². The molecule has 2 aromatic rings. The lowest BCUT2D eigenvalue weighted by molar-refractivity contribution is -0.377. The summed E-state index contributed by atoms with van der Waals surface area (Å²) in [5, 5.41) is 12.3. The second-order valence-corrected chi connectivity index (χ2v) is 11.8. The van der Waals surface area contributed by atoms with E-state index in [1.807, 2.05) is 0 Å². The van der Waals surface area contributed by atoms with Gasteiger partial charge < -0.3 is 52.5 Å². The molecule has 0 saturated carbocycles. The average Bonchev–Trinajstić information content (AvgIpc) is 3.72. The Balaban J connectivity index is 1.93. The van der Waals surface area contributed by atoms with Crippen LogP contribution in [0, 0.1) is 0 Å². The summed E-state index contributed by atoms with van der Waals surface area (Å²) in [6.07, 6.45) is -14.4. The molecule has 4 rings (SSSR count). The van der Waals surface area contributed by atoms with Crippen LogP contribution in [0.15, 0.2) is 33.9 Å². The predicted molar refractivity (Wildman–Crippen MR) is 169 cm³/mol. The van der Waals surface area contributed by atoms with Crippen LogP contribution in [-0.4, -0.2) is 115 Å². The molecular weight excluding hydrogens is 714 g/mol. The molecule has 53 heavy (non-hydrogen) atoms. The van der Waals surface area contributed by atoms with Crippen LogP contribution in [0.5, 0.6) is 5.75 Å². The Morgan fingerprint density at radius 1 is 0.717 bits per heavy atom. The van der Waals surface area contributed by atoms with Gasteiger partial charge in [-0.05, 0) is 24.3 Å². The number of carbonyl (C=O) groups excluding carboxylic acids is 6. The molecule has 10 atom stereocenters. The number of ether oxygens (including phenoxy) is 10. The lowest BCUT2D eigenvalue weighted by atomic mass is 9.85. The number of aromatic nitrogens is 1. The van der Waals surface area contributed by atoms with E-state index < -0.39 is 135 Å². The zero-order chi connectivity index (χ0) is 40.8. The number of esters is 6. The second kappa shape index (κ2) is 16.7. The number of aliphatic hydroxyl groups is 1. The van der Waals surface area contributed by atoms with E-state index in [0.717, 1.165) is 27.7 Å². The standard InChI is InChI=1S/C33H39NO19/c1-14(35)45-12-22-24(47-16(3)37)26(48-17(4)38)28(50-19(6)40)32(51-22)52-25-23(13-46-15(2)36)53-33(43,20-8-10-21(44-7)11-9-20)29(27(25)49-18(5)39)34-30(41)31(34)42/h8-11,22-29,32,43H,12-13H2,1-7H3/t22-,23-,24+,25-,26+,27+,28-,29-,32+,33?/m1/s1/i2D,5D. The van der Waals surface area contributed by atoms with Crippen LogP contribution in [0.3, 0.4) is 0 Å². The first-order valence-electron chi connectivity index (χ1n) is 17.2. The van der Waals surface area contributed by atoms with Crippen molar-refractivity contribution in [3.63, 3.8) is 0 Å². The van der Waals surface area contributed by atoms with Gasteiger partial charge in [-0.1, -0.05) is 0 Å². The Morgan fingerprint density at radius 2 is 1.25 bits per heavy atom. The fourth-order valence-corrected chi connectivity index (χ4v) is 5.98. The summed E-state index contributed by atoms with van der Waals surface area (Å²) in [5.74, 6) is -8.56. The molecule has 1 aromatic carbocycles. The first-order chi connectivity index (χ1) is 25.9. The van der Waals surface area contributed by atoms with Gasteiger partial charge >= 0.3 is 46.9 Å². The van der Waals surface area contributed by atoms with Gasteiger partial charge in [0.2, 0.25) is 5.79 Å². The average molecular weight is 756 g/mol. The van der Waals surface area contributed by atoms with E-state index in [1.54, 1.807) is 0 Å². The second-order valence-electron chi connectivity index (χ2n) is 11.8. The van der Waals surface area contributed by atoms with Crippen molar-refractivity contribution in [1.82, 2.24) is 4.57 Å². The highest BCUT2D eigenvalue weighted by Crippen LogP contribution is 2.46. The zero-order valence-corrected chi connectivity index (χ0v) is 29.1. The minimum atomic E-state index is -2.78. The number of nitrogens with zero attached hydrogens (tertiary/aromatic N) is 1. The highest BCUT2D eigenvalue weighted by atomic mass is 16.8. The van der Waals surface area contributed by atoms with Gasteiger partial charge in [0, 0.05) is 49.8 Å². The van der Waals surface area contributed by atoms with Crippen molar-refractivity contribution in [2.24, 2.45) is 0 Å². The monoisotopic (exact) mass is 755 g/mol. The van der Waals surface area contributed by atoms with Crippen LogP contribution in [-0.2, 0) is 77.2 Å². The minimum Gasteiger partial charge on any atom is -0.497 e. The van der Waals surface area contributed by atoms with Gasteiger partial charge in [0.1, 0.15) is 43.3 Å². The van der Waals surface area contributed by atoms with E-state index in [9.17, 15) is 43.5 Å². The van der Waals surface area contributed by atoms with Gasteiger partial charge in [-0.25, -0.2) is 0 Å². The summed E-state index contributed by atoms with van der Waals surface area (Å²) in [4.78, 5) is 99.5. The number of benzene rings is 1. The minimum absolute atomic E-state index is 0.139. The molecule has 20 heteroatoms. The SMILES string of the molecule is [2H]CC(=O)OC[C@H]1OC(O)(c2ccc(OC)cc2)[C@H](n2c(=O)c2=O)[C@@H](OC(=O)C[2H])[C@@H]1O[C@@H]1O[C@H](COC(C)=O)[C@H](OC(C)=O)[C@H](OC(C)=O)[C@H]1OC(C)=O. The molecule has 2 saturated heterocycles. The molecule has 1 aromatic heterocycles. The molecular formula is C33H39NO19. The van der Waals surface area contributed by atoms with Crippen LogP contribution in [0.25, 0.3) is 0 Å². The van der Waals surface area contributed by atoms with Gasteiger partial charge in [-0.15, -0.1) is 0 Å². The molecule has 2 fully saturated rings. The molecule has 1 unspecified atom stereocenters. The first-order valence-corrected chi connectivity index (χ1v) is 15.8. The molecule has 20 nitrogen and oxygen atoms in total. The molecule has 0 spiro atoms. The topological polar surface area (TPSA) is 254 Å². The first kappa shape index (κ1) is 37.6. The van der Waals surface area contributed by atoms with E-state index in [2.05, 4.69) is 0 Å². The summed E-state index contributed by atoms with van der Waals surface area (Å²) in [6, 6.07) is 3.37. The quantitative estimate of drug-likeness (QED) is 0.144. The van der Waals surface area contributed by atoms with Crippen molar-refractivity contribution in [1.29, 1.82) is 0 Å². The third-order valence-corrected chi connectivity index (χ3v) is 8.00. The van der Waals surface area contributed by atoms with E-state index in [4.69, 9.17) is 50.1 Å². The summed E-state index contributed by atoms with van der Waals surface area (Å²) in [7, 11) is 1.36. The number of rotatable bonds is 13. The third-order valence-electron chi connectivity index (χ3n) is 8.00. The maximum Gasteiger partial charge on any atom is 0.320 e. The van der Waals surface area contributed by atoms with Crippen molar-refractivity contribution < 1.29 is 84.0 Å². The highest BCUT2D eigenvalue weighted by molar-refractivity contribution is 5.69. The Hall–Kier alpha value is -5.18. The van der Waals surface area contributed by atoms with E-state index >= 15 is 0 Å². The molecule has 0 amide bonds. The molecule has 290 valence electrons. The summed E-state index contributed by atoms with van der Waals surface area (Å²) >= 11 is 0. The van der Waals surface area contributed by atoms with Gasteiger partial charge in [0.15, 0.2) is 30.7 Å². The smallest absolute Gasteiger partial charge is 0.320 e. The predicted octanol–water partition coefficient (Wildman–Crippen LogP) is -1.16. The molecule has 0 radical (unpaired) electrons. The van der Waals surface area contributed by atoms with Gasteiger partial charge in [-0.3, -0.25) is 42.9 Å². The summed E-state index contributed by atoms with van der Waals surface area (Å²) < 4.78 is 71.2. The third kappa shape index (κ3) is 9.44. The van der Waals surface area contributed by atoms with Crippen molar-refractivity contribution >= 4 is 35.8 Å². The van der Waals surface area contributed by atoms with Crippen molar-refractivity contribution in [2.75, 3.05) is 20.3 Å². The Kier molecular flexibility index (Phi) is 11.8. The molecule has 0 bridgehead atoms. The fourth-order valence-electron chi connectivity index (χ4n) is 5.98. The van der Waals surface area contributed by atoms with Crippen LogP contribution in [0.1, 0.15) is 55.8 Å². The van der Waals surface area contributed by atoms with Crippen LogP contribution in [0.2, 0.25) is 0 Å². The van der Waals surface area contributed by atoms with Crippen molar-refractivity contribution in [3.05, 3.63) is 50.5 Å². The summed E-state index contributed by atoms with van der Waals surface area (Å²) in [5.41, 5.74) is -2.45. The summed E-state index contributed by atoms with van der Waals surface area (Å²) in [6.45, 7) is 0.552. The van der Waals surface area contributed by atoms with Crippen molar-refractivity contribution in [3.8, 4) is 5.75 Å². The zero-order valence-electron chi connectivity index (χ0n) is 31.1. The van der Waals surface area contributed by atoms with Crippen molar-refractivity contribution in [2.45, 2.75) is 102 Å². The van der Waals surface area contributed by atoms with E-state index in [0.29, 0.717) is 10.3 Å². The Bertz CT molecular complexity index is 1780. The molecule has 0 aliphatic carbocycles. The number of carbonyl (C=O) groups is 6.